The SMILES string of the molecule is CCCCc1nc(C(=O)CC2CCCCC2)nn1C(C)c1ccc(-c2ccccc2C(=O)O)cn1. The van der Waals surface area contributed by atoms with Crippen LogP contribution in [-0.2, 0) is 6.42 Å². The highest BCUT2D eigenvalue weighted by Crippen LogP contribution is 2.28. The van der Waals surface area contributed by atoms with Gasteiger partial charge in [-0.15, -0.1) is 5.10 Å². The molecule has 3 aromatic rings. The van der Waals surface area contributed by atoms with E-state index in [-0.39, 0.29) is 17.4 Å². The first-order valence-electron chi connectivity index (χ1n) is 12.7. The Morgan fingerprint density at radius 2 is 1.89 bits per heavy atom. The van der Waals surface area contributed by atoms with Crippen LogP contribution in [0.5, 0.6) is 0 Å². The van der Waals surface area contributed by atoms with Gasteiger partial charge in [0, 0.05) is 24.6 Å². The van der Waals surface area contributed by atoms with Crippen molar-refractivity contribution in [3.8, 4) is 11.1 Å². The van der Waals surface area contributed by atoms with Gasteiger partial charge in [0.15, 0.2) is 0 Å². The second kappa shape index (κ2) is 11.4. The maximum atomic E-state index is 13.0. The van der Waals surface area contributed by atoms with E-state index in [1.165, 1.54) is 19.3 Å². The number of hydrogen-bond acceptors (Lipinski definition) is 5. The standard InChI is InChI=1S/C28H34N4O3/c1-3-4-14-26-30-27(25(33)17-20-10-6-5-7-11-20)31-32(26)19(2)24-16-15-21(18-29-24)22-12-8-9-13-23(22)28(34)35/h8-9,12-13,15-16,18-20H,3-7,10-11,14,17H2,1-2H3,(H,34,35). The number of carboxylic acids is 1. The highest BCUT2D eigenvalue weighted by Gasteiger charge is 2.24. The summed E-state index contributed by atoms with van der Waals surface area (Å²) in [6, 6.07) is 10.5. The molecule has 2 aromatic heterocycles. The smallest absolute Gasteiger partial charge is 0.336 e. The number of nitrogens with zero attached hydrogens (tertiary/aromatic N) is 4. The number of Topliss-reactive ketones (excluding diaryl/α,β-unsaturated/α-hetero) is 1. The first-order valence-corrected chi connectivity index (χ1v) is 12.7. The van der Waals surface area contributed by atoms with E-state index in [0.29, 0.717) is 23.7 Å². The number of aryl methyl sites for hydroxylation is 1. The topological polar surface area (TPSA) is 98.0 Å². The van der Waals surface area contributed by atoms with Crippen molar-refractivity contribution in [2.75, 3.05) is 0 Å². The Bertz CT molecular complexity index is 1160. The maximum Gasteiger partial charge on any atom is 0.336 e. The molecule has 1 fully saturated rings. The normalized spacial score (nSPS) is 15.1. The molecule has 1 aliphatic rings. The molecule has 0 saturated heterocycles. The molecule has 1 unspecified atom stereocenters. The Balaban J connectivity index is 1.57. The monoisotopic (exact) mass is 474 g/mol. The summed E-state index contributed by atoms with van der Waals surface area (Å²) < 4.78 is 1.84. The lowest BCUT2D eigenvalue weighted by Crippen LogP contribution is -2.15. The molecule has 0 amide bonds. The van der Waals surface area contributed by atoms with Crippen molar-refractivity contribution in [2.24, 2.45) is 5.92 Å². The Morgan fingerprint density at radius 1 is 1.11 bits per heavy atom. The molecule has 2 heterocycles. The molecular formula is C28H34N4O3. The van der Waals surface area contributed by atoms with Gasteiger partial charge >= 0.3 is 5.97 Å². The quantitative estimate of drug-likeness (QED) is 0.354. The predicted molar refractivity (Wildman–Crippen MR) is 135 cm³/mol. The van der Waals surface area contributed by atoms with E-state index >= 15 is 0 Å². The van der Waals surface area contributed by atoms with Crippen molar-refractivity contribution in [2.45, 2.75) is 77.7 Å². The summed E-state index contributed by atoms with van der Waals surface area (Å²) >= 11 is 0. The van der Waals surface area contributed by atoms with E-state index in [1.54, 1.807) is 24.4 Å². The molecule has 1 aromatic carbocycles. The van der Waals surface area contributed by atoms with Gasteiger partial charge in [-0.2, -0.15) is 0 Å². The van der Waals surface area contributed by atoms with Gasteiger partial charge in [0.05, 0.1) is 17.3 Å². The van der Waals surface area contributed by atoms with Gasteiger partial charge < -0.3 is 5.11 Å². The molecule has 1 atom stereocenters. The Hall–Kier alpha value is -3.35. The van der Waals surface area contributed by atoms with Gasteiger partial charge in [-0.3, -0.25) is 9.78 Å². The van der Waals surface area contributed by atoms with Crippen molar-refractivity contribution in [3.63, 3.8) is 0 Å². The largest absolute Gasteiger partial charge is 0.478 e. The number of carbonyl (C=O) groups excluding carboxylic acids is 1. The second-order valence-electron chi connectivity index (χ2n) is 9.53. The zero-order chi connectivity index (χ0) is 24.8. The Kier molecular flexibility index (Phi) is 8.06. The highest BCUT2D eigenvalue weighted by atomic mass is 16.4. The van der Waals surface area contributed by atoms with Crippen LogP contribution in [0.3, 0.4) is 0 Å². The van der Waals surface area contributed by atoms with Crippen LogP contribution in [0, 0.1) is 5.92 Å². The minimum atomic E-state index is -0.966. The molecular weight excluding hydrogens is 440 g/mol. The number of aromatic carboxylic acids is 1. The van der Waals surface area contributed by atoms with Gasteiger partial charge in [0.25, 0.3) is 0 Å². The molecule has 0 bridgehead atoms. The molecule has 7 heteroatoms. The fraction of sp³-hybridized carbons (Fsp3) is 0.464. The van der Waals surface area contributed by atoms with Crippen molar-refractivity contribution in [3.05, 3.63) is 65.5 Å². The van der Waals surface area contributed by atoms with Crippen molar-refractivity contribution in [1.29, 1.82) is 0 Å². The summed E-state index contributed by atoms with van der Waals surface area (Å²) in [5, 5.41) is 14.2. The van der Waals surface area contributed by atoms with Crippen molar-refractivity contribution < 1.29 is 14.7 Å². The van der Waals surface area contributed by atoms with E-state index in [9.17, 15) is 14.7 Å². The Morgan fingerprint density at radius 3 is 2.57 bits per heavy atom. The third-order valence-corrected chi connectivity index (χ3v) is 6.95. The van der Waals surface area contributed by atoms with Gasteiger partial charge in [-0.05, 0) is 37.0 Å². The predicted octanol–water partition coefficient (Wildman–Crippen LogP) is 6.14. The number of aromatic nitrogens is 4. The lowest BCUT2D eigenvalue weighted by molar-refractivity contribution is 0.0697. The van der Waals surface area contributed by atoms with Crippen LogP contribution in [-0.4, -0.2) is 36.6 Å². The fourth-order valence-corrected chi connectivity index (χ4v) is 4.89. The van der Waals surface area contributed by atoms with E-state index in [0.717, 1.165) is 49.2 Å². The van der Waals surface area contributed by atoms with Gasteiger partial charge in [0.2, 0.25) is 11.6 Å². The number of pyridine rings is 1. The summed E-state index contributed by atoms with van der Waals surface area (Å²) in [6.45, 7) is 4.14. The summed E-state index contributed by atoms with van der Waals surface area (Å²) in [4.78, 5) is 33.9. The van der Waals surface area contributed by atoms with Crippen LogP contribution in [0.25, 0.3) is 11.1 Å². The average molecular weight is 475 g/mol. The van der Waals surface area contributed by atoms with Crippen LogP contribution >= 0.6 is 0 Å². The average Bonchev–Trinajstić information content (AvgIpc) is 3.32. The molecule has 7 nitrogen and oxygen atoms in total. The molecule has 1 N–H and O–H groups in total. The number of rotatable bonds is 10. The summed E-state index contributed by atoms with van der Waals surface area (Å²) in [7, 11) is 0. The van der Waals surface area contributed by atoms with Gasteiger partial charge in [0.1, 0.15) is 5.82 Å². The lowest BCUT2D eigenvalue weighted by Gasteiger charge is -2.19. The molecule has 0 radical (unpaired) electrons. The zero-order valence-electron chi connectivity index (χ0n) is 20.6. The lowest BCUT2D eigenvalue weighted by atomic mass is 9.86. The van der Waals surface area contributed by atoms with Crippen LogP contribution in [0.15, 0.2) is 42.6 Å². The van der Waals surface area contributed by atoms with Crippen LogP contribution in [0.2, 0.25) is 0 Å². The van der Waals surface area contributed by atoms with Crippen LogP contribution < -0.4 is 0 Å². The minimum Gasteiger partial charge on any atom is -0.478 e. The molecule has 0 spiro atoms. The van der Waals surface area contributed by atoms with E-state index in [1.807, 2.05) is 29.8 Å². The van der Waals surface area contributed by atoms with Gasteiger partial charge in [-0.1, -0.05) is 69.7 Å². The minimum absolute atomic E-state index is 0.0363. The van der Waals surface area contributed by atoms with Gasteiger partial charge in [-0.25, -0.2) is 14.5 Å². The number of ketones is 1. The number of benzene rings is 1. The Labute approximate surface area is 206 Å². The molecule has 35 heavy (non-hydrogen) atoms. The van der Waals surface area contributed by atoms with Crippen LogP contribution in [0.4, 0.5) is 0 Å². The number of carbonyl (C=O) groups is 2. The summed E-state index contributed by atoms with van der Waals surface area (Å²) in [5.74, 6) is 0.650. The second-order valence-corrected chi connectivity index (χ2v) is 9.53. The zero-order valence-corrected chi connectivity index (χ0v) is 20.6. The highest BCUT2D eigenvalue weighted by molar-refractivity contribution is 5.95. The van der Waals surface area contributed by atoms with Crippen molar-refractivity contribution in [1.82, 2.24) is 19.7 Å². The molecule has 184 valence electrons. The molecule has 1 aliphatic carbocycles. The van der Waals surface area contributed by atoms with E-state index < -0.39 is 5.97 Å². The number of hydrogen-bond donors (Lipinski definition) is 1. The fourth-order valence-electron chi connectivity index (χ4n) is 4.89. The van der Waals surface area contributed by atoms with E-state index in [2.05, 4.69) is 22.0 Å². The van der Waals surface area contributed by atoms with E-state index in [4.69, 9.17) is 0 Å². The first-order chi connectivity index (χ1) is 17.0. The molecule has 0 aliphatic heterocycles. The number of carboxylic acid groups (broad SMARTS) is 1. The first kappa shape index (κ1) is 24.8. The van der Waals surface area contributed by atoms with Crippen molar-refractivity contribution >= 4 is 11.8 Å². The number of unbranched alkanes of at least 4 members (excludes halogenated alkanes) is 1. The maximum absolute atomic E-state index is 13.0. The molecule has 4 rings (SSSR count). The van der Waals surface area contributed by atoms with Crippen LogP contribution in [0.1, 0.15) is 104 Å². The summed E-state index contributed by atoms with van der Waals surface area (Å²) in [5.41, 5.74) is 2.41. The molecule has 1 saturated carbocycles. The third kappa shape index (κ3) is 5.84. The summed E-state index contributed by atoms with van der Waals surface area (Å²) in [6.07, 6.45) is 10.9. The third-order valence-electron chi connectivity index (χ3n) is 6.95.